The second-order valence-corrected chi connectivity index (χ2v) is 6.40. The standard InChI is InChI=1S/C18H18F2N2O2S/c1-12(21-17(24)13-7-3-2-4-8-13)11-16(23)22-14-9-5-6-10-15(14)25-18(19)20/h2-10,12,18H,11H2,1H3,(H,21,24)(H,22,23)/t12-/m0/s1. The summed E-state index contributed by atoms with van der Waals surface area (Å²) in [6.07, 6.45) is 0.0340. The lowest BCUT2D eigenvalue weighted by Crippen LogP contribution is -2.35. The van der Waals surface area contributed by atoms with Crippen LogP contribution in [0.2, 0.25) is 0 Å². The average Bonchev–Trinajstić information content (AvgIpc) is 2.56. The minimum atomic E-state index is -2.57. The van der Waals surface area contributed by atoms with Gasteiger partial charge in [-0.05, 0) is 31.2 Å². The van der Waals surface area contributed by atoms with Gasteiger partial charge in [0.25, 0.3) is 11.7 Å². The van der Waals surface area contributed by atoms with Crippen LogP contribution in [0.1, 0.15) is 23.7 Å². The van der Waals surface area contributed by atoms with Gasteiger partial charge in [0.05, 0.1) is 5.69 Å². The molecular formula is C18H18F2N2O2S. The van der Waals surface area contributed by atoms with Crippen LogP contribution in [0.5, 0.6) is 0 Å². The Balaban J connectivity index is 1.91. The molecule has 25 heavy (non-hydrogen) atoms. The van der Waals surface area contributed by atoms with E-state index in [1.807, 2.05) is 6.07 Å². The van der Waals surface area contributed by atoms with Crippen LogP contribution in [0.15, 0.2) is 59.5 Å². The quantitative estimate of drug-likeness (QED) is 0.726. The first-order chi connectivity index (χ1) is 12.0. The highest BCUT2D eigenvalue weighted by molar-refractivity contribution is 7.99. The van der Waals surface area contributed by atoms with Crippen LogP contribution in [0, 0.1) is 0 Å². The van der Waals surface area contributed by atoms with Crippen LogP contribution in [-0.2, 0) is 4.79 Å². The Morgan fingerprint density at radius 1 is 1.04 bits per heavy atom. The van der Waals surface area contributed by atoms with Crippen molar-refractivity contribution in [3.05, 3.63) is 60.2 Å². The number of thioether (sulfide) groups is 1. The third-order valence-corrected chi connectivity index (χ3v) is 4.07. The molecule has 0 fully saturated rings. The number of carbonyl (C=O) groups is 2. The van der Waals surface area contributed by atoms with E-state index in [4.69, 9.17) is 0 Å². The van der Waals surface area contributed by atoms with E-state index in [9.17, 15) is 18.4 Å². The summed E-state index contributed by atoms with van der Waals surface area (Å²) in [5.41, 5.74) is 0.841. The predicted octanol–water partition coefficient (Wildman–Crippen LogP) is 4.15. The number of amides is 2. The Bertz CT molecular complexity index is 726. The lowest BCUT2D eigenvalue weighted by Gasteiger charge is -2.15. The molecular weight excluding hydrogens is 346 g/mol. The molecule has 1 atom stereocenters. The first kappa shape index (κ1) is 18.9. The Morgan fingerprint density at radius 3 is 2.36 bits per heavy atom. The van der Waals surface area contributed by atoms with Crippen molar-refractivity contribution >= 4 is 29.3 Å². The van der Waals surface area contributed by atoms with Crippen LogP contribution in [0.25, 0.3) is 0 Å². The molecule has 2 N–H and O–H groups in total. The van der Waals surface area contributed by atoms with Gasteiger partial charge in [-0.1, -0.05) is 42.1 Å². The number of para-hydroxylation sites is 1. The largest absolute Gasteiger partial charge is 0.349 e. The third kappa shape index (κ3) is 6.19. The molecule has 0 heterocycles. The van der Waals surface area contributed by atoms with E-state index >= 15 is 0 Å². The van der Waals surface area contributed by atoms with Gasteiger partial charge >= 0.3 is 0 Å². The first-order valence-corrected chi connectivity index (χ1v) is 8.53. The summed E-state index contributed by atoms with van der Waals surface area (Å²) >= 11 is 0.376. The minimum Gasteiger partial charge on any atom is -0.349 e. The van der Waals surface area contributed by atoms with Gasteiger partial charge in [0.1, 0.15) is 0 Å². The molecule has 2 aromatic carbocycles. The third-order valence-electron chi connectivity index (χ3n) is 3.28. The number of alkyl halides is 2. The molecule has 0 unspecified atom stereocenters. The lowest BCUT2D eigenvalue weighted by atomic mass is 10.1. The van der Waals surface area contributed by atoms with Gasteiger partial charge < -0.3 is 10.6 Å². The Morgan fingerprint density at radius 2 is 1.68 bits per heavy atom. The molecule has 7 heteroatoms. The van der Waals surface area contributed by atoms with Crippen molar-refractivity contribution in [2.24, 2.45) is 0 Å². The maximum absolute atomic E-state index is 12.6. The predicted molar refractivity (Wildman–Crippen MR) is 94.9 cm³/mol. The van der Waals surface area contributed by atoms with E-state index in [2.05, 4.69) is 10.6 Å². The highest BCUT2D eigenvalue weighted by atomic mass is 32.2. The number of benzene rings is 2. The van der Waals surface area contributed by atoms with Crippen molar-refractivity contribution in [1.29, 1.82) is 0 Å². The van der Waals surface area contributed by atoms with Crippen LogP contribution < -0.4 is 10.6 Å². The minimum absolute atomic E-state index is 0.0340. The average molecular weight is 364 g/mol. The molecule has 0 saturated carbocycles. The zero-order chi connectivity index (χ0) is 18.2. The van der Waals surface area contributed by atoms with Crippen molar-refractivity contribution in [3.63, 3.8) is 0 Å². The van der Waals surface area contributed by atoms with Crippen molar-refractivity contribution in [2.75, 3.05) is 5.32 Å². The van der Waals surface area contributed by atoms with E-state index in [0.29, 0.717) is 27.9 Å². The van der Waals surface area contributed by atoms with Gasteiger partial charge in [0.15, 0.2) is 0 Å². The zero-order valence-electron chi connectivity index (χ0n) is 13.5. The second-order valence-electron chi connectivity index (χ2n) is 5.37. The molecule has 0 aliphatic rings. The highest BCUT2D eigenvalue weighted by Gasteiger charge is 2.15. The number of hydrogen-bond acceptors (Lipinski definition) is 3. The molecule has 0 radical (unpaired) electrons. The Hall–Kier alpha value is -2.41. The summed E-state index contributed by atoms with van der Waals surface area (Å²) in [6, 6.07) is 14.6. The van der Waals surface area contributed by atoms with Crippen LogP contribution in [0.3, 0.4) is 0 Å². The molecule has 2 amide bonds. The fraction of sp³-hybridized carbons (Fsp3) is 0.222. The molecule has 0 aliphatic heterocycles. The van der Waals surface area contributed by atoms with Crippen LogP contribution in [0.4, 0.5) is 14.5 Å². The topological polar surface area (TPSA) is 58.2 Å². The number of hydrogen-bond donors (Lipinski definition) is 2. The Kier molecular flexibility index (Phi) is 6.94. The van der Waals surface area contributed by atoms with E-state index in [1.165, 1.54) is 6.07 Å². The second kappa shape index (κ2) is 9.17. The number of halogens is 2. The normalized spacial score (nSPS) is 11.8. The molecule has 132 valence electrons. The number of nitrogens with one attached hydrogen (secondary N) is 2. The van der Waals surface area contributed by atoms with Gasteiger partial charge in [0, 0.05) is 22.9 Å². The monoisotopic (exact) mass is 364 g/mol. The molecule has 0 aromatic heterocycles. The summed E-state index contributed by atoms with van der Waals surface area (Å²) < 4.78 is 25.1. The summed E-state index contributed by atoms with van der Waals surface area (Å²) in [5, 5.41) is 5.35. The summed E-state index contributed by atoms with van der Waals surface area (Å²) in [7, 11) is 0. The number of carbonyl (C=O) groups excluding carboxylic acids is 2. The Labute approximate surface area is 149 Å². The number of anilines is 1. The summed E-state index contributed by atoms with van der Waals surface area (Å²) in [6.45, 7) is 1.71. The SMILES string of the molecule is C[C@@H](CC(=O)Nc1ccccc1SC(F)F)NC(=O)c1ccccc1. The van der Waals surface area contributed by atoms with Gasteiger partial charge in [-0.15, -0.1) is 0 Å². The molecule has 0 spiro atoms. The number of rotatable bonds is 7. The van der Waals surface area contributed by atoms with Gasteiger partial charge in [0.2, 0.25) is 5.91 Å². The van der Waals surface area contributed by atoms with Crippen molar-refractivity contribution in [2.45, 2.75) is 30.0 Å². The molecule has 0 aliphatic carbocycles. The fourth-order valence-electron chi connectivity index (χ4n) is 2.20. The summed E-state index contributed by atoms with van der Waals surface area (Å²) in [5.74, 6) is -3.19. The summed E-state index contributed by atoms with van der Waals surface area (Å²) in [4.78, 5) is 24.5. The van der Waals surface area contributed by atoms with E-state index in [1.54, 1.807) is 49.4 Å². The maximum atomic E-state index is 12.6. The molecule has 2 rings (SSSR count). The van der Waals surface area contributed by atoms with Gasteiger partial charge in [-0.2, -0.15) is 8.78 Å². The lowest BCUT2D eigenvalue weighted by molar-refractivity contribution is -0.116. The van der Waals surface area contributed by atoms with Gasteiger partial charge in [-0.3, -0.25) is 9.59 Å². The maximum Gasteiger partial charge on any atom is 0.288 e. The smallest absolute Gasteiger partial charge is 0.288 e. The van der Waals surface area contributed by atoms with E-state index in [-0.39, 0.29) is 18.2 Å². The molecule has 0 saturated heterocycles. The van der Waals surface area contributed by atoms with Gasteiger partial charge in [-0.25, -0.2) is 0 Å². The molecule has 2 aromatic rings. The first-order valence-electron chi connectivity index (χ1n) is 7.65. The fourth-order valence-corrected chi connectivity index (χ4v) is 2.79. The van der Waals surface area contributed by atoms with Crippen molar-refractivity contribution < 1.29 is 18.4 Å². The molecule has 4 nitrogen and oxygen atoms in total. The van der Waals surface area contributed by atoms with Crippen LogP contribution in [-0.4, -0.2) is 23.6 Å². The van der Waals surface area contributed by atoms with Crippen LogP contribution >= 0.6 is 11.8 Å². The highest BCUT2D eigenvalue weighted by Crippen LogP contribution is 2.31. The molecule has 0 bridgehead atoms. The van der Waals surface area contributed by atoms with E-state index in [0.717, 1.165) is 0 Å². The van der Waals surface area contributed by atoms with E-state index < -0.39 is 11.8 Å². The van der Waals surface area contributed by atoms with Crippen molar-refractivity contribution in [3.8, 4) is 0 Å². The van der Waals surface area contributed by atoms with Crippen molar-refractivity contribution in [1.82, 2.24) is 5.32 Å². The zero-order valence-corrected chi connectivity index (χ0v) is 14.4.